The molecule has 0 saturated carbocycles. The van der Waals surface area contributed by atoms with Crippen molar-refractivity contribution in [1.82, 2.24) is 20.0 Å². The van der Waals surface area contributed by atoms with Crippen molar-refractivity contribution in [2.45, 2.75) is 6.92 Å². The maximum Gasteiger partial charge on any atom is 0.212 e. The number of benzene rings is 1. The summed E-state index contributed by atoms with van der Waals surface area (Å²) in [5.74, 6) is 0. The Morgan fingerprint density at radius 2 is 2.05 bits per heavy atom. The summed E-state index contributed by atoms with van der Waals surface area (Å²) in [6, 6.07) is 10.2. The molecule has 0 fully saturated rings. The molecule has 0 unspecified atom stereocenters. The van der Waals surface area contributed by atoms with Gasteiger partial charge in [-0.15, -0.1) is 16.4 Å². The average molecular weight is 293 g/mol. The zero-order chi connectivity index (χ0) is 14.7. The van der Waals surface area contributed by atoms with Crippen molar-refractivity contribution in [3.63, 3.8) is 0 Å². The van der Waals surface area contributed by atoms with E-state index in [-0.39, 0.29) is 5.69 Å². The first kappa shape index (κ1) is 13.2. The van der Waals surface area contributed by atoms with Crippen molar-refractivity contribution >= 4 is 23.5 Å². The third-order valence-electron chi connectivity index (χ3n) is 2.92. The minimum Gasteiger partial charge on any atom is -0.227 e. The Morgan fingerprint density at radius 3 is 2.71 bits per heavy atom. The molecule has 5 nitrogen and oxygen atoms in total. The second-order valence-electron chi connectivity index (χ2n) is 4.41. The van der Waals surface area contributed by atoms with Crippen LogP contribution in [0.5, 0.6) is 0 Å². The molecule has 3 rings (SSSR count). The topological polar surface area (TPSA) is 67.4 Å². The number of thiazole rings is 1. The number of nitriles is 1. The molecular weight excluding hydrogens is 282 g/mol. The first-order valence-corrected chi connectivity index (χ1v) is 7.16. The van der Waals surface area contributed by atoms with Gasteiger partial charge in [-0.2, -0.15) is 9.94 Å². The van der Waals surface area contributed by atoms with Crippen LogP contribution in [-0.4, -0.2) is 20.0 Å². The maximum absolute atomic E-state index is 9.15. The molecule has 2 heterocycles. The molecule has 0 atom stereocenters. The smallest absolute Gasteiger partial charge is 0.212 e. The highest BCUT2D eigenvalue weighted by Crippen LogP contribution is 2.17. The predicted octanol–water partition coefficient (Wildman–Crippen LogP) is 3.07. The van der Waals surface area contributed by atoms with Crippen LogP contribution in [0.25, 0.3) is 17.3 Å². The Balaban J connectivity index is 2.00. The molecule has 0 radical (unpaired) electrons. The normalized spacial score (nSPS) is 10.9. The van der Waals surface area contributed by atoms with Gasteiger partial charge in [-0.05, 0) is 18.6 Å². The number of aromatic nitrogens is 4. The fourth-order valence-electron chi connectivity index (χ4n) is 1.83. The molecule has 3 aromatic rings. The Hall–Kier alpha value is -2.78. The minimum atomic E-state index is 0.286. The lowest BCUT2D eigenvalue weighted by Crippen LogP contribution is -1.98. The summed E-state index contributed by atoms with van der Waals surface area (Å²) in [4.78, 5) is 4.20. The van der Waals surface area contributed by atoms with Crippen LogP contribution in [0, 0.1) is 18.3 Å². The Labute approximate surface area is 125 Å². The summed E-state index contributed by atoms with van der Waals surface area (Å²) < 4.78 is 1.58. The van der Waals surface area contributed by atoms with Gasteiger partial charge in [0.2, 0.25) is 5.13 Å². The summed E-state index contributed by atoms with van der Waals surface area (Å²) in [5.41, 5.74) is 3.18. The number of hydrogen-bond donors (Lipinski definition) is 0. The Bertz CT molecular complexity index is 807. The van der Waals surface area contributed by atoms with Gasteiger partial charge in [0.15, 0.2) is 5.69 Å². The van der Waals surface area contributed by atoms with Crippen LogP contribution in [-0.2, 0) is 0 Å². The van der Waals surface area contributed by atoms with E-state index in [4.69, 9.17) is 5.26 Å². The van der Waals surface area contributed by atoms with E-state index < -0.39 is 0 Å². The van der Waals surface area contributed by atoms with Gasteiger partial charge in [0.1, 0.15) is 11.8 Å². The van der Waals surface area contributed by atoms with Gasteiger partial charge in [0, 0.05) is 11.6 Å². The third-order valence-corrected chi connectivity index (χ3v) is 3.67. The van der Waals surface area contributed by atoms with Gasteiger partial charge in [-0.1, -0.05) is 41.1 Å². The average Bonchev–Trinajstić information content (AvgIpc) is 3.15. The van der Waals surface area contributed by atoms with Crippen molar-refractivity contribution in [3.8, 4) is 11.2 Å². The van der Waals surface area contributed by atoms with Crippen LogP contribution in [0.4, 0.5) is 0 Å². The van der Waals surface area contributed by atoms with Crippen molar-refractivity contribution in [2.75, 3.05) is 0 Å². The third kappa shape index (κ3) is 2.73. The molecule has 0 N–H and O–H groups in total. The molecule has 0 bridgehead atoms. The highest BCUT2D eigenvalue weighted by molar-refractivity contribution is 7.12. The van der Waals surface area contributed by atoms with Gasteiger partial charge in [-0.3, -0.25) is 0 Å². The summed E-state index contributed by atoms with van der Waals surface area (Å²) in [6.07, 6.45) is 5.47. The lowest BCUT2D eigenvalue weighted by molar-refractivity contribution is 0.791. The van der Waals surface area contributed by atoms with E-state index in [0.717, 1.165) is 5.56 Å². The van der Waals surface area contributed by atoms with E-state index >= 15 is 0 Å². The van der Waals surface area contributed by atoms with Gasteiger partial charge in [-0.25, -0.2) is 4.98 Å². The molecular formula is C15H11N5S. The predicted molar refractivity (Wildman–Crippen MR) is 81.9 cm³/mol. The highest BCUT2D eigenvalue weighted by atomic mass is 32.1. The zero-order valence-corrected chi connectivity index (χ0v) is 12.1. The first-order valence-electron chi connectivity index (χ1n) is 6.28. The van der Waals surface area contributed by atoms with Gasteiger partial charge in [0.05, 0.1) is 0 Å². The van der Waals surface area contributed by atoms with Crippen molar-refractivity contribution < 1.29 is 0 Å². The second kappa shape index (κ2) is 5.69. The highest BCUT2D eigenvalue weighted by Gasteiger charge is 2.12. The van der Waals surface area contributed by atoms with Crippen LogP contribution < -0.4 is 0 Å². The monoisotopic (exact) mass is 293 g/mol. The summed E-state index contributed by atoms with van der Waals surface area (Å²) in [5, 5.41) is 19.6. The molecule has 0 aliphatic heterocycles. The molecule has 0 amide bonds. The Kier molecular flexibility index (Phi) is 3.58. The lowest BCUT2D eigenvalue weighted by Gasteiger charge is -1.98. The largest absolute Gasteiger partial charge is 0.227 e. The molecule has 1 aromatic carbocycles. The van der Waals surface area contributed by atoms with E-state index in [0.29, 0.717) is 10.8 Å². The van der Waals surface area contributed by atoms with Crippen molar-refractivity contribution in [3.05, 3.63) is 58.4 Å². The number of aryl methyl sites for hydroxylation is 1. The minimum absolute atomic E-state index is 0.286. The van der Waals surface area contributed by atoms with Crippen molar-refractivity contribution in [2.24, 2.45) is 0 Å². The fraction of sp³-hybridized carbons (Fsp3) is 0.0667. The van der Waals surface area contributed by atoms with Crippen LogP contribution in [0.1, 0.15) is 22.5 Å². The standard InChI is InChI=1S/C15H11N5S/c1-11-2-4-12(5-3-11)6-7-14-13(10-16)18-19-20(14)15-17-8-9-21-15/h2-9H,1H3/b7-6+. The van der Waals surface area contributed by atoms with E-state index in [2.05, 4.69) is 21.4 Å². The lowest BCUT2D eigenvalue weighted by atomic mass is 10.1. The number of rotatable bonds is 3. The summed E-state index contributed by atoms with van der Waals surface area (Å²) in [7, 11) is 0. The van der Waals surface area contributed by atoms with Gasteiger partial charge in [0.25, 0.3) is 0 Å². The number of hydrogen-bond acceptors (Lipinski definition) is 5. The molecule has 6 heteroatoms. The maximum atomic E-state index is 9.15. The van der Waals surface area contributed by atoms with Gasteiger partial charge < -0.3 is 0 Å². The quantitative estimate of drug-likeness (QED) is 0.744. The fourth-order valence-corrected chi connectivity index (χ4v) is 2.43. The summed E-state index contributed by atoms with van der Waals surface area (Å²) >= 11 is 1.44. The van der Waals surface area contributed by atoms with Crippen LogP contribution in [0.3, 0.4) is 0 Å². The molecule has 0 saturated heterocycles. The zero-order valence-electron chi connectivity index (χ0n) is 11.3. The first-order chi connectivity index (χ1) is 10.3. The second-order valence-corrected chi connectivity index (χ2v) is 5.28. The Morgan fingerprint density at radius 1 is 1.24 bits per heavy atom. The summed E-state index contributed by atoms with van der Waals surface area (Å²) in [6.45, 7) is 2.04. The van der Waals surface area contributed by atoms with Crippen LogP contribution >= 0.6 is 11.3 Å². The molecule has 2 aromatic heterocycles. The molecule has 0 aliphatic rings. The van der Waals surface area contributed by atoms with Crippen LogP contribution in [0.2, 0.25) is 0 Å². The van der Waals surface area contributed by atoms with Crippen LogP contribution in [0.15, 0.2) is 35.8 Å². The molecule has 0 aliphatic carbocycles. The van der Waals surface area contributed by atoms with E-state index in [1.807, 2.05) is 48.7 Å². The molecule has 102 valence electrons. The van der Waals surface area contributed by atoms with Gasteiger partial charge >= 0.3 is 0 Å². The van der Waals surface area contributed by atoms with Crippen molar-refractivity contribution in [1.29, 1.82) is 5.26 Å². The number of nitrogens with zero attached hydrogens (tertiary/aromatic N) is 5. The van der Waals surface area contributed by atoms with E-state index in [1.165, 1.54) is 16.9 Å². The molecule has 0 spiro atoms. The SMILES string of the molecule is Cc1ccc(/C=C/c2c(C#N)nnn2-c2nccs2)cc1. The van der Waals surface area contributed by atoms with E-state index in [1.54, 1.807) is 10.9 Å². The van der Waals surface area contributed by atoms with E-state index in [9.17, 15) is 0 Å². The molecule has 21 heavy (non-hydrogen) atoms.